The molecule has 3 heterocycles. The quantitative estimate of drug-likeness (QED) is 0.662. The maximum absolute atomic E-state index is 13.3. The number of carbonyl (C=O) groups is 1. The number of fused-ring (bicyclic) bond motifs is 3. The highest BCUT2D eigenvalue weighted by Gasteiger charge is 2.30. The fourth-order valence-corrected chi connectivity index (χ4v) is 3.60. The van der Waals surface area contributed by atoms with Gasteiger partial charge in [-0.3, -0.25) is 19.7 Å². The maximum atomic E-state index is 13.3. The SMILES string of the molecule is O=C(CC1C=Nc2cccnc2C1)N1c2ccccc2Oc2ccccc21. The molecule has 0 fully saturated rings. The Morgan fingerprint density at radius 1 is 1.00 bits per heavy atom. The van der Waals surface area contributed by atoms with Crippen molar-refractivity contribution in [2.45, 2.75) is 12.8 Å². The molecule has 132 valence electrons. The molecule has 2 aliphatic rings. The van der Waals surface area contributed by atoms with Crippen LogP contribution in [0.1, 0.15) is 12.1 Å². The number of para-hydroxylation sites is 4. The van der Waals surface area contributed by atoms with E-state index in [-0.39, 0.29) is 11.8 Å². The van der Waals surface area contributed by atoms with Gasteiger partial charge in [-0.05, 0) is 36.4 Å². The van der Waals surface area contributed by atoms with Crippen LogP contribution in [0.5, 0.6) is 11.5 Å². The van der Waals surface area contributed by atoms with Crippen LogP contribution in [0, 0.1) is 5.92 Å². The minimum absolute atomic E-state index is 0.0223. The van der Waals surface area contributed by atoms with Crippen molar-refractivity contribution in [1.29, 1.82) is 0 Å². The lowest BCUT2D eigenvalue weighted by Gasteiger charge is -2.32. The summed E-state index contributed by atoms with van der Waals surface area (Å²) in [6.07, 6.45) is 4.73. The number of amides is 1. The Labute approximate surface area is 157 Å². The summed E-state index contributed by atoms with van der Waals surface area (Å²) in [5.74, 6) is 1.43. The van der Waals surface area contributed by atoms with Crippen molar-refractivity contribution in [2.75, 3.05) is 4.90 Å². The number of ether oxygens (including phenoxy) is 1. The lowest BCUT2D eigenvalue weighted by molar-refractivity contribution is -0.118. The molecule has 1 atom stereocenters. The van der Waals surface area contributed by atoms with Crippen LogP contribution in [0.3, 0.4) is 0 Å². The van der Waals surface area contributed by atoms with E-state index in [0.717, 1.165) is 29.2 Å². The zero-order chi connectivity index (χ0) is 18.2. The topological polar surface area (TPSA) is 54.8 Å². The normalized spacial score (nSPS) is 16.7. The third kappa shape index (κ3) is 2.77. The number of pyridine rings is 1. The number of hydrogen-bond acceptors (Lipinski definition) is 4. The van der Waals surface area contributed by atoms with Crippen LogP contribution in [0.25, 0.3) is 0 Å². The second-order valence-corrected chi connectivity index (χ2v) is 6.68. The Morgan fingerprint density at radius 2 is 1.70 bits per heavy atom. The van der Waals surface area contributed by atoms with E-state index >= 15 is 0 Å². The van der Waals surface area contributed by atoms with Crippen LogP contribution in [0.4, 0.5) is 17.1 Å². The molecule has 27 heavy (non-hydrogen) atoms. The van der Waals surface area contributed by atoms with Crippen LogP contribution in [-0.4, -0.2) is 17.1 Å². The molecule has 5 rings (SSSR count). The molecule has 0 radical (unpaired) electrons. The monoisotopic (exact) mass is 355 g/mol. The molecule has 0 saturated heterocycles. The average molecular weight is 355 g/mol. The van der Waals surface area contributed by atoms with E-state index in [1.54, 1.807) is 11.1 Å². The van der Waals surface area contributed by atoms with E-state index in [1.165, 1.54) is 0 Å². The number of aromatic nitrogens is 1. The Kier molecular flexibility index (Phi) is 3.71. The Morgan fingerprint density at radius 3 is 2.44 bits per heavy atom. The molecule has 1 amide bonds. The van der Waals surface area contributed by atoms with Gasteiger partial charge in [0.25, 0.3) is 0 Å². The number of aliphatic imine (C=N–C) groups is 1. The van der Waals surface area contributed by atoms with Crippen molar-refractivity contribution in [3.63, 3.8) is 0 Å². The maximum Gasteiger partial charge on any atom is 0.232 e. The first kappa shape index (κ1) is 15.8. The number of nitrogens with zero attached hydrogens (tertiary/aromatic N) is 3. The van der Waals surface area contributed by atoms with Crippen LogP contribution < -0.4 is 9.64 Å². The van der Waals surface area contributed by atoms with Crippen molar-refractivity contribution in [2.24, 2.45) is 10.9 Å². The van der Waals surface area contributed by atoms with Crippen molar-refractivity contribution < 1.29 is 9.53 Å². The molecule has 1 aromatic heterocycles. The van der Waals surface area contributed by atoms with E-state index < -0.39 is 0 Å². The van der Waals surface area contributed by atoms with E-state index in [2.05, 4.69) is 9.98 Å². The van der Waals surface area contributed by atoms with E-state index in [9.17, 15) is 4.79 Å². The highest BCUT2D eigenvalue weighted by Crippen LogP contribution is 2.46. The molecule has 2 aliphatic heterocycles. The summed E-state index contributed by atoms with van der Waals surface area (Å²) >= 11 is 0. The number of carbonyl (C=O) groups excluding carboxylic acids is 1. The van der Waals surface area contributed by atoms with Crippen molar-refractivity contribution in [3.05, 3.63) is 72.6 Å². The Bertz CT molecular complexity index is 1020. The van der Waals surface area contributed by atoms with Crippen LogP contribution >= 0.6 is 0 Å². The summed E-state index contributed by atoms with van der Waals surface area (Å²) in [5, 5.41) is 0. The minimum Gasteiger partial charge on any atom is -0.453 e. The van der Waals surface area contributed by atoms with E-state index in [1.807, 2.05) is 66.9 Å². The predicted molar refractivity (Wildman–Crippen MR) is 104 cm³/mol. The Balaban J connectivity index is 1.46. The van der Waals surface area contributed by atoms with Gasteiger partial charge in [-0.25, -0.2) is 0 Å². The lowest BCUT2D eigenvalue weighted by atomic mass is 9.96. The summed E-state index contributed by atoms with van der Waals surface area (Å²) in [6, 6.07) is 19.1. The highest BCUT2D eigenvalue weighted by atomic mass is 16.5. The van der Waals surface area contributed by atoms with Crippen molar-refractivity contribution in [1.82, 2.24) is 4.98 Å². The first-order valence-corrected chi connectivity index (χ1v) is 8.96. The van der Waals surface area contributed by atoms with Gasteiger partial charge in [0.1, 0.15) is 0 Å². The third-order valence-electron chi connectivity index (χ3n) is 4.86. The van der Waals surface area contributed by atoms with Gasteiger partial charge in [0.2, 0.25) is 5.91 Å². The van der Waals surface area contributed by atoms with Gasteiger partial charge in [-0.15, -0.1) is 0 Å². The van der Waals surface area contributed by atoms with Gasteiger partial charge >= 0.3 is 0 Å². The zero-order valence-electron chi connectivity index (χ0n) is 14.6. The molecular weight excluding hydrogens is 338 g/mol. The largest absolute Gasteiger partial charge is 0.453 e. The molecule has 0 saturated carbocycles. The summed E-state index contributed by atoms with van der Waals surface area (Å²) in [6.45, 7) is 0. The minimum atomic E-state index is 0.0223. The van der Waals surface area contributed by atoms with Crippen LogP contribution in [0.2, 0.25) is 0 Å². The number of hydrogen-bond donors (Lipinski definition) is 0. The first-order chi connectivity index (χ1) is 13.3. The number of benzene rings is 2. The summed E-state index contributed by atoms with van der Waals surface area (Å²) in [4.78, 5) is 23.9. The Hall–Kier alpha value is -3.47. The van der Waals surface area contributed by atoms with Gasteiger partial charge in [0, 0.05) is 31.2 Å². The van der Waals surface area contributed by atoms with E-state index in [4.69, 9.17) is 4.74 Å². The molecule has 2 aromatic carbocycles. The molecule has 0 spiro atoms. The molecule has 0 aliphatic carbocycles. The predicted octanol–water partition coefficient (Wildman–Crippen LogP) is 4.82. The van der Waals surface area contributed by atoms with Gasteiger partial charge in [0.15, 0.2) is 11.5 Å². The average Bonchev–Trinajstić information content (AvgIpc) is 2.71. The fourth-order valence-electron chi connectivity index (χ4n) is 3.60. The van der Waals surface area contributed by atoms with Gasteiger partial charge < -0.3 is 4.74 Å². The number of anilines is 2. The fraction of sp³-hybridized carbons (Fsp3) is 0.136. The van der Waals surface area contributed by atoms with E-state index in [0.29, 0.717) is 17.9 Å². The second-order valence-electron chi connectivity index (χ2n) is 6.68. The molecular formula is C22H17N3O2. The third-order valence-corrected chi connectivity index (χ3v) is 4.86. The summed E-state index contributed by atoms with van der Waals surface area (Å²) < 4.78 is 5.96. The first-order valence-electron chi connectivity index (χ1n) is 8.96. The van der Waals surface area contributed by atoms with Crippen LogP contribution in [0.15, 0.2) is 71.9 Å². The van der Waals surface area contributed by atoms with Crippen molar-refractivity contribution in [3.8, 4) is 11.5 Å². The molecule has 0 N–H and O–H groups in total. The molecule has 5 nitrogen and oxygen atoms in total. The van der Waals surface area contributed by atoms with Gasteiger partial charge in [-0.1, -0.05) is 24.3 Å². The standard InChI is InChI=1S/C22H17N3O2/c26-22(13-15-12-17-16(24-14-15)6-5-11-23-17)25-18-7-1-3-9-20(18)27-21-10-4-2-8-19(21)25/h1-11,14-15H,12-13H2. The molecule has 3 aromatic rings. The smallest absolute Gasteiger partial charge is 0.232 e. The highest BCUT2D eigenvalue weighted by molar-refractivity contribution is 6.05. The second kappa shape index (κ2) is 6.36. The van der Waals surface area contributed by atoms with Gasteiger partial charge in [0.05, 0.1) is 22.8 Å². The molecule has 5 heteroatoms. The summed E-state index contributed by atoms with van der Waals surface area (Å²) in [5.41, 5.74) is 3.38. The van der Waals surface area contributed by atoms with Crippen LogP contribution in [-0.2, 0) is 11.2 Å². The van der Waals surface area contributed by atoms with Crippen molar-refractivity contribution >= 4 is 29.2 Å². The molecule has 0 bridgehead atoms. The molecule has 1 unspecified atom stereocenters. The number of rotatable bonds is 2. The lowest BCUT2D eigenvalue weighted by Crippen LogP contribution is -2.31. The zero-order valence-corrected chi connectivity index (χ0v) is 14.6. The van der Waals surface area contributed by atoms with Gasteiger partial charge in [-0.2, -0.15) is 0 Å². The summed E-state index contributed by atoms with van der Waals surface area (Å²) in [7, 11) is 0.